The lowest BCUT2D eigenvalue weighted by atomic mass is 10.0. The smallest absolute Gasteiger partial charge is 0.253 e. The summed E-state index contributed by atoms with van der Waals surface area (Å²) in [6.07, 6.45) is 12.4. The van der Waals surface area contributed by atoms with Crippen LogP contribution in [0, 0.1) is 27.7 Å². The van der Waals surface area contributed by atoms with E-state index in [1.807, 2.05) is 56.5 Å². The van der Waals surface area contributed by atoms with E-state index < -0.39 is 0 Å². The number of alkyl halides is 1. The van der Waals surface area contributed by atoms with Crippen LogP contribution in [0.3, 0.4) is 0 Å². The third-order valence-corrected chi connectivity index (χ3v) is 12.9. The van der Waals surface area contributed by atoms with E-state index >= 15 is 0 Å². The number of amides is 4. The van der Waals surface area contributed by atoms with Crippen LogP contribution < -0.4 is 21.3 Å². The van der Waals surface area contributed by atoms with E-state index in [0.29, 0.717) is 111 Å². The van der Waals surface area contributed by atoms with Gasteiger partial charge in [0.2, 0.25) is 23.7 Å². The lowest BCUT2D eigenvalue weighted by Gasteiger charge is -2.32. The van der Waals surface area contributed by atoms with Gasteiger partial charge in [-0.25, -0.2) is 19.9 Å². The highest BCUT2D eigenvalue weighted by molar-refractivity contribution is 6.33. The lowest BCUT2D eigenvalue weighted by molar-refractivity contribution is -0.112. The Morgan fingerprint density at radius 3 is 1.38 bits per heavy atom. The Bertz CT molecular complexity index is 2940. The molecule has 2 saturated heterocycles. The number of aryl methyl sites for hydroxylation is 4. The number of halogens is 3. The molecule has 2 fully saturated rings. The first-order valence-corrected chi connectivity index (χ1v) is 25.2. The number of hydrogen-bond acceptors (Lipinski definition) is 15. The zero-order valence-corrected chi connectivity index (χ0v) is 44.2. The quantitative estimate of drug-likeness (QED) is 0.0555. The fraction of sp³-hybridized carbons (Fsp3) is 0.346. The summed E-state index contributed by atoms with van der Waals surface area (Å²) in [5.41, 5.74) is 6.53. The van der Waals surface area contributed by atoms with Gasteiger partial charge in [-0.1, -0.05) is 45.7 Å². The van der Waals surface area contributed by atoms with Crippen LogP contribution in [-0.4, -0.2) is 133 Å². The maximum atomic E-state index is 13.0. The van der Waals surface area contributed by atoms with Gasteiger partial charge in [0, 0.05) is 85.3 Å². The number of benzene rings is 2. The van der Waals surface area contributed by atoms with Crippen LogP contribution in [-0.2, 0) is 9.59 Å². The van der Waals surface area contributed by atoms with Crippen LogP contribution in [0.1, 0.15) is 69.3 Å². The zero-order valence-electron chi connectivity index (χ0n) is 41.9. The molecular weight excluding hydrogens is 1010 g/mol. The minimum Gasteiger partial charge on any atom is -0.361 e. The number of likely N-dealkylation sites (tertiary alicyclic amines) is 2. The van der Waals surface area contributed by atoms with E-state index in [9.17, 15) is 19.2 Å². The number of piperidine rings is 2. The van der Waals surface area contributed by atoms with Crippen molar-refractivity contribution in [3.05, 3.63) is 129 Å². The fourth-order valence-corrected chi connectivity index (χ4v) is 8.79. The lowest BCUT2D eigenvalue weighted by Crippen LogP contribution is -2.42. The molecule has 2 aliphatic rings. The van der Waals surface area contributed by atoms with Crippen molar-refractivity contribution in [3.63, 3.8) is 0 Å². The first kappa shape index (κ1) is 54.6. The number of nitrogens with one attached hydrogen (secondary N) is 4. The van der Waals surface area contributed by atoms with Gasteiger partial charge in [0.25, 0.3) is 11.8 Å². The van der Waals surface area contributed by atoms with Gasteiger partial charge in [0.05, 0.1) is 56.3 Å². The Labute approximate surface area is 444 Å². The van der Waals surface area contributed by atoms with Crippen molar-refractivity contribution < 1.29 is 28.2 Å². The molecular formula is C52H58Cl3N13O6. The summed E-state index contributed by atoms with van der Waals surface area (Å²) < 4.78 is 10.5. The second-order valence-corrected chi connectivity index (χ2v) is 19.1. The molecule has 0 spiro atoms. The number of anilines is 4. The van der Waals surface area contributed by atoms with Gasteiger partial charge in [0.15, 0.2) is 0 Å². The number of nitrogens with zero attached hydrogens (tertiary/aromatic N) is 9. The van der Waals surface area contributed by atoms with Crippen LogP contribution in [0.2, 0.25) is 10.0 Å². The van der Waals surface area contributed by atoms with Gasteiger partial charge >= 0.3 is 0 Å². The van der Waals surface area contributed by atoms with Gasteiger partial charge in [0.1, 0.15) is 11.5 Å². The van der Waals surface area contributed by atoms with Crippen LogP contribution in [0.5, 0.6) is 0 Å². The average Bonchev–Trinajstić information content (AvgIpc) is 3.91. The summed E-state index contributed by atoms with van der Waals surface area (Å²) in [4.78, 5) is 73.3. The van der Waals surface area contributed by atoms with Crippen LogP contribution in [0.4, 0.5) is 23.3 Å². The highest BCUT2D eigenvalue weighted by Crippen LogP contribution is 2.33. The molecule has 19 nitrogen and oxygen atoms in total. The molecule has 2 aromatic carbocycles. The summed E-state index contributed by atoms with van der Waals surface area (Å²) >= 11 is 18.2. The van der Waals surface area contributed by atoms with Gasteiger partial charge < -0.3 is 45.0 Å². The highest BCUT2D eigenvalue weighted by atomic mass is 35.5. The monoisotopic (exact) mass is 1070 g/mol. The number of likely N-dealkylation sites (N-methyl/N-ethyl adjacent to an activating group) is 1. The number of carbonyl (C=O) groups excluding carboxylic acids is 4. The minimum atomic E-state index is -0.271. The van der Waals surface area contributed by atoms with Gasteiger partial charge in [-0.05, 0) is 116 Å². The molecule has 0 bridgehead atoms. The van der Waals surface area contributed by atoms with Crippen molar-refractivity contribution in [2.75, 3.05) is 74.0 Å². The molecule has 0 atom stereocenters. The zero-order chi connectivity index (χ0) is 52.9. The second-order valence-electron chi connectivity index (χ2n) is 18.0. The van der Waals surface area contributed by atoms with Crippen LogP contribution in [0.15, 0.2) is 94.3 Å². The topological polar surface area (TPSA) is 230 Å². The van der Waals surface area contributed by atoms with E-state index in [1.165, 1.54) is 12.2 Å². The molecule has 6 heterocycles. The molecule has 0 unspecified atom stereocenters. The first-order valence-electron chi connectivity index (χ1n) is 24.0. The Balaban J connectivity index is 0.000000217. The minimum absolute atomic E-state index is 0.0318. The molecule has 388 valence electrons. The molecule has 0 saturated carbocycles. The number of allylic oxidation sites excluding steroid dienone is 1. The third-order valence-electron chi connectivity index (χ3n) is 12.2. The van der Waals surface area contributed by atoms with Crippen LogP contribution in [0.25, 0.3) is 22.5 Å². The van der Waals surface area contributed by atoms with E-state index in [2.05, 4.69) is 51.5 Å². The van der Waals surface area contributed by atoms with Crippen molar-refractivity contribution in [1.82, 2.24) is 44.9 Å². The molecule has 6 aromatic rings. The Morgan fingerprint density at radius 1 is 0.635 bits per heavy atom. The molecule has 22 heteroatoms. The summed E-state index contributed by atoms with van der Waals surface area (Å²) in [5, 5.41) is 21.1. The Morgan fingerprint density at radius 2 is 1.03 bits per heavy atom. The Kier molecular flexibility index (Phi) is 18.9. The molecule has 4 amide bonds. The summed E-state index contributed by atoms with van der Waals surface area (Å²) in [7, 11) is 3.87. The fourth-order valence-electron chi connectivity index (χ4n) is 8.33. The highest BCUT2D eigenvalue weighted by Gasteiger charge is 2.27. The summed E-state index contributed by atoms with van der Waals surface area (Å²) in [5.74, 6) is 1.95. The van der Waals surface area contributed by atoms with Crippen LogP contribution >= 0.6 is 34.8 Å². The van der Waals surface area contributed by atoms with Gasteiger partial charge in [-0.15, -0.1) is 11.6 Å². The normalized spacial score (nSPS) is 14.3. The molecule has 0 radical (unpaired) electrons. The van der Waals surface area contributed by atoms with E-state index in [0.717, 1.165) is 36.8 Å². The number of hydrogen-bond donors (Lipinski definition) is 4. The molecule has 2 aliphatic heterocycles. The summed E-state index contributed by atoms with van der Waals surface area (Å²) in [6.45, 7) is 10.4. The number of rotatable bonds is 15. The standard InChI is InChI=1S/C27H32ClN7O3.C25H26Cl2N6O3/c1-17-24(18(2)38-33-17)25-22(28)16-29-27(32-25)31-21-11-14-35(15-12-21)26(37)19-7-9-20(10-8-19)30-23(36)6-5-13-34(3)4;1-15-22(16(2)36-32-15)23-20(27)14-28-25(31-23)30-19-9-12-33(13-10-19)24(35)17-5-7-18(8-6-17)29-21(34)4-3-11-26/h5-10,16,21H,11-15H2,1-4H3,(H,30,36)(H,29,31,32);3-8,14,19H,9-13H2,1-2H3,(H,29,34)(H,28,30,31)/b6-5+;4-3+. The average molecular weight is 1070 g/mol. The predicted octanol–water partition coefficient (Wildman–Crippen LogP) is 9.03. The maximum Gasteiger partial charge on any atom is 0.253 e. The molecule has 0 aliphatic carbocycles. The van der Waals surface area contributed by atoms with E-state index in [4.69, 9.17) is 43.8 Å². The number of aromatic nitrogens is 6. The largest absolute Gasteiger partial charge is 0.361 e. The third kappa shape index (κ3) is 14.5. The number of carbonyl (C=O) groups is 4. The molecule has 4 N–H and O–H groups in total. The van der Waals surface area contributed by atoms with Crippen molar-refractivity contribution in [2.24, 2.45) is 0 Å². The Hall–Kier alpha value is -7.19. The molecule has 4 aromatic heterocycles. The molecule has 8 rings (SSSR count). The van der Waals surface area contributed by atoms with Crippen molar-refractivity contribution in [1.29, 1.82) is 0 Å². The van der Waals surface area contributed by atoms with Gasteiger partial charge in [-0.3, -0.25) is 19.2 Å². The second kappa shape index (κ2) is 25.7. The van der Waals surface area contributed by atoms with E-state index in [1.54, 1.807) is 73.1 Å². The van der Waals surface area contributed by atoms with Crippen molar-refractivity contribution in [3.8, 4) is 22.5 Å². The van der Waals surface area contributed by atoms with Gasteiger partial charge in [-0.2, -0.15) is 0 Å². The first-order chi connectivity index (χ1) is 35.6. The summed E-state index contributed by atoms with van der Waals surface area (Å²) in [6, 6.07) is 14.1. The SMILES string of the molecule is Cc1noc(C)c1-c1nc(NC2CCN(C(=O)c3ccc(NC(=O)/C=C/CCl)cc3)CC2)ncc1Cl.Cc1noc(C)c1-c1nc(NC2CCN(C(=O)c3ccc(NC(=O)/C=C/CN(C)C)cc3)CC2)ncc1Cl. The predicted molar refractivity (Wildman–Crippen MR) is 287 cm³/mol. The van der Waals surface area contributed by atoms with E-state index in [-0.39, 0.29) is 41.6 Å². The molecule has 74 heavy (non-hydrogen) atoms. The van der Waals surface area contributed by atoms with Crippen molar-refractivity contribution >= 4 is 81.7 Å². The van der Waals surface area contributed by atoms with Crippen molar-refractivity contribution in [2.45, 2.75) is 65.5 Å². The maximum absolute atomic E-state index is 13.0.